The Hall–Kier alpha value is -0.330. The highest BCUT2D eigenvalue weighted by Gasteiger charge is 2.44. The first-order valence-electron chi connectivity index (χ1n) is 5.11. The summed E-state index contributed by atoms with van der Waals surface area (Å²) < 4.78 is 0. The number of Topliss-reactive ketones (excluding diaryl/α,β-unsaturated/α-hetero) is 1. The third-order valence-electron chi connectivity index (χ3n) is 3.97. The second-order valence-corrected chi connectivity index (χ2v) is 5.18. The summed E-state index contributed by atoms with van der Waals surface area (Å²) in [5, 5.41) is 0. The van der Waals surface area contributed by atoms with Crippen molar-refractivity contribution in [3.05, 3.63) is 0 Å². The molecule has 0 aromatic rings. The molecule has 0 amide bonds. The zero-order chi connectivity index (χ0) is 8.77. The Bertz CT molecular complexity index is 205. The van der Waals surface area contributed by atoms with Gasteiger partial charge in [-0.25, -0.2) is 0 Å². The molecule has 0 bridgehead atoms. The Morgan fingerprint density at radius 3 is 2.83 bits per heavy atom. The fourth-order valence-corrected chi connectivity index (χ4v) is 3.06. The van der Waals surface area contributed by atoms with Crippen molar-refractivity contribution >= 4 is 5.78 Å². The fourth-order valence-electron chi connectivity index (χ4n) is 3.06. The molecule has 0 aromatic heterocycles. The molecule has 0 N–H and O–H groups in total. The minimum Gasteiger partial charge on any atom is -0.300 e. The normalized spacial score (nSPS) is 39.7. The van der Waals surface area contributed by atoms with Crippen molar-refractivity contribution in [2.75, 3.05) is 0 Å². The first kappa shape index (κ1) is 8.28. The van der Waals surface area contributed by atoms with E-state index in [1.807, 2.05) is 0 Å². The summed E-state index contributed by atoms with van der Waals surface area (Å²) in [5.41, 5.74) is 0.445. The fraction of sp³-hybridized carbons (Fsp3) is 0.909. The summed E-state index contributed by atoms with van der Waals surface area (Å²) in [5.74, 6) is 2.09. The van der Waals surface area contributed by atoms with E-state index in [0.29, 0.717) is 17.1 Å². The standard InChI is InChI=1S/C11H18O/c1-11(2)6-5-8-3-4-9(12)7-10(8)11/h8,10H,3-7H2,1-2H3. The van der Waals surface area contributed by atoms with Crippen molar-refractivity contribution in [3.8, 4) is 0 Å². The number of carbonyl (C=O) groups excluding carboxylic acids is 1. The number of fused-ring (bicyclic) bond motifs is 1. The van der Waals surface area contributed by atoms with Crippen LogP contribution in [-0.4, -0.2) is 5.78 Å². The van der Waals surface area contributed by atoms with Crippen molar-refractivity contribution in [2.45, 2.75) is 46.0 Å². The molecule has 2 unspecified atom stereocenters. The molecule has 0 radical (unpaired) electrons. The molecule has 12 heavy (non-hydrogen) atoms. The lowest BCUT2D eigenvalue weighted by molar-refractivity contribution is -0.123. The van der Waals surface area contributed by atoms with Gasteiger partial charge >= 0.3 is 0 Å². The summed E-state index contributed by atoms with van der Waals surface area (Å²) >= 11 is 0. The number of hydrogen-bond acceptors (Lipinski definition) is 1. The Morgan fingerprint density at radius 1 is 1.33 bits per heavy atom. The molecule has 1 heteroatoms. The van der Waals surface area contributed by atoms with Gasteiger partial charge in [-0.15, -0.1) is 0 Å². The summed E-state index contributed by atoms with van der Waals surface area (Å²) in [6.45, 7) is 4.66. The van der Waals surface area contributed by atoms with E-state index in [1.165, 1.54) is 19.3 Å². The van der Waals surface area contributed by atoms with Gasteiger partial charge in [0.2, 0.25) is 0 Å². The van der Waals surface area contributed by atoms with Gasteiger partial charge in [0.15, 0.2) is 0 Å². The summed E-state index contributed by atoms with van der Waals surface area (Å²) in [7, 11) is 0. The average Bonchev–Trinajstić information content (AvgIpc) is 2.28. The minimum atomic E-state index is 0.445. The van der Waals surface area contributed by atoms with Crippen LogP contribution in [0.5, 0.6) is 0 Å². The van der Waals surface area contributed by atoms with Crippen LogP contribution in [0.3, 0.4) is 0 Å². The smallest absolute Gasteiger partial charge is 0.133 e. The van der Waals surface area contributed by atoms with Gasteiger partial charge in [0, 0.05) is 12.8 Å². The molecule has 2 aliphatic carbocycles. The van der Waals surface area contributed by atoms with Crippen LogP contribution in [0.2, 0.25) is 0 Å². The summed E-state index contributed by atoms with van der Waals surface area (Å²) in [6.07, 6.45) is 5.60. The lowest BCUT2D eigenvalue weighted by Gasteiger charge is -2.33. The van der Waals surface area contributed by atoms with Crippen LogP contribution in [0.1, 0.15) is 46.0 Å². The van der Waals surface area contributed by atoms with E-state index >= 15 is 0 Å². The molecule has 2 atom stereocenters. The van der Waals surface area contributed by atoms with Gasteiger partial charge in [0.05, 0.1) is 0 Å². The van der Waals surface area contributed by atoms with E-state index < -0.39 is 0 Å². The van der Waals surface area contributed by atoms with Crippen molar-refractivity contribution < 1.29 is 4.79 Å². The second kappa shape index (κ2) is 2.58. The molecule has 68 valence electrons. The van der Waals surface area contributed by atoms with Gasteiger partial charge in [-0.05, 0) is 36.5 Å². The highest BCUT2D eigenvalue weighted by atomic mass is 16.1. The average molecular weight is 166 g/mol. The van der Waals surface area contributed by atoms with Crippen LogP contribution >= 0.6 is 0 Å². The predicted molar refractivity (Wildman–Crippen MR) is 48.9 cm³/mol. The molecule has 0 heterocycles. The molecule has 2 rings (SSSR count). The molecule has 1 nitrogen and oxygen atoms in total. The van der Waals surface area contributed by atoms with Gasteiger partial charge in [-0.2, -0.15) is 0 Å². The first-order valence-corrected chi connectivity index (χ1v) is 5.11. The monoisotopic (exact) mass is 166 g/mol. The topological polar surface area (TPSA) is 17.1 Å². The number of ketones is 1. The van der Waals surface area contributed by atoms with Gasteiger partial charge in [-0.1, -0.05) is 13.8 Å². The van der Waals surface area contributed by atoms with Crippen molar-refractivity contribution in [3.63, 3.8) is 0 Å². The lowest BCUT2D eigenvalue weighted by atomic mass is 9.71. The maximum absolute atomic E-state index is 11.3. The van der Waals surface area contributed by atoms with Crippen molar-refractivity contribution in [1.82, 2.24) is 0 Å². The Kier molecular flexibility index (Phi) is 1.78. The molecule has 0 aliphatic heterocycles. The molecule has 2 fully saturated rings. The van der Waals surface area contributed by atoms with Crippen LogP contribution in [0.4, 0.5) is 0 Å². The van der Waals surface area contributed by atoms with Gasteiger partial charge in [0.25, 0.3) is 0 Å². The zero-order valence-corrected chi connectivity index (χ0v) is 8.10. The van der Waals surface area contributed by atoms with Gasteiger partial charge in [0.1, 0.15) is 5.78 Å². The van der Waals surface area contributed by atoms with E-state index in [4.69, 9.17) is 0 Å². The molecule has 0 saturated heterocycles. The highest BCUT2D eigenvalue weighted by molar-refractivity contribution is 5.79. The number of hydrogen-bond donors (Lipinski definition) is 0. The Morgan fingerprint density at radius 2 is 2.08 bits per heavy atom. The maximum atomic E-state index is 11.3. The minimum absolute atomic E-state index is 0.445. The van der Waals surface area contributed by atoms with Crippen LogP contribution in [0, 0.1) is 17.3 Å². The van der Waals surface area contributed by atoms with Crippen LogP contribution < -0.4 is 0 Å². The maximum Gasteiger partial charge on any atom is 0.133 e. The van der Waals surface area contributed by atoms with Crippen LogP contribution in [-0.2, 0) is 4.79 Å². The van der Waals surface area contributed by atoms with E-state index in [2.05, 4.69) is 13.8 Å². The summed E-state index contributed by atoms with van der Waals surface area (Å²) in [4.78, 5) is 11.3. The predicted octanol–water partition coefficient (Wildman–Crippen LogP) is 2.79. The quantitative estimate of drug-likeness (QED) is 0.541. The largest absolute Gasteiger partial charge is 0.300 e. The SMILES string of the molecule is CC1(C)CCC2CCC(=O)CC21. The molecular formula is C11H18O. The van der Waals surface area contributed by atoms with Gasteiger partial charge < -0.3 is 0 Å². The second-order valence-electron chi connectivity index (χ2n) is 5.18. The Balaban J connectivity index is 2.15. The van der Waals surface area contributed by atoms with Crippen molar-refractivity contribution in [2.24, 2.45) is 17.3 Å². The third kappa shape index (κ3) is 1.19. The Labute approximate surface area is 74.5 Å². The molecule has 0 spiro atoms. The van der Waals surface area contributed by atoms with Crippen LogP contribution in [0.15, 0.2) is 0 Å². The van der Waals surface area contributed by atoms with E-state index in [9.17, 15) is 4.79 Å². The zero-order valence-electron chi connectivity index (χ0n) is 8.10. The lowest BCUT2D eigenvalue weighted by Crippen LogP contribution is -2.29. The summed E-state index contributed by atoms with van der Waals surface area (Å²) in [6, 6.07) is 0. The molecule has 0 aromatic carbocycles. The molecule has 2 saturated carbocycles. The first-order chi connectivity index (χ1) is 5.59. The number of rotatable bonds is 0. The van der Waals surface area contributed by atoms with Crippen molar-refractivity contribution in [1.29, 1.82) is 0 Å². The van der Waals surface area contributed by atoms with E-state index in [0.717, 1.165) is 18.8 Å². The molecule has 2 aliphatic rings. The van der Waals surface area contributed by atoms with E-state index in [1.54, 1.807) is 0 Å². The highest BCUT2D eigenvalue weighted by Crippen LogP contribution is 2.51. The van der Waals surface area contributed by atoms with E-state index in [-0.39, 0.29) is 0 Å². The third-order valence-corrected chi connectivity index (χ3v) is 3.97. The van der Waals surface area contributed by atoms with Gasteiger partial charge in [-0.3, -0.25) is 4.79 Å². The molecular weight excluding hydrogens is 148 g/mol. The number of carbonyl (C=O) groups is 1. The van der Waals surface area contributed by atoms with Crippen LogP contribution in [0.25, 0.3) is 0 Å².